The molecule has 5 heteroatoms. The van der Waals surface area contributed by atoms with Crippen molar-refractivity contribution in [1.29, 1.82) is 0 Å². The van der Waals surface area contributed by atoms with E-state index in [1.165, 1.54) is 0 Å². The fraction of sp³-hybridized carbons (Fsp3) is 0.733. The molecule has 1 amide bonds. The van der Waals surface area contributed by atoms with Crippen LogP contribution in [0.25, 0.3) is 0 Å². The largest absolute Gasteiger partial charge is 0.337 e. The maximum atomic E-state index is 12.6. The van der Waals surface area contributed by atoms with Gasteiger partial charge in [-0.05, 0) is 31.2 Å². The first-order valence-corrected chi connectivity index (χ1v) is 8.12. The van der Waals surface area contributed by atoms with Crippen molar-refractivity contribution in [3.05, 3.63) is 15.6 Å². The molecule has 2 rings (SSSR count). The van der Waals surface area contributed by atoms with Crippen LogP contribution in [-0.2, 0) is 6.42 Å². The highest BCUT2D eigenvalue weighted by Crippen LogP contribution is 2.31. The van der Waals surface area contributed by atoms with Gasteiger partial charge in [0, 0.05) is 19.5 Å². The molecule has 0 radical (unpaired) electrons. The fourth-order valence-corrected chi connectivity index (χ4v) is 3.84. The molecule has 20 heavy (non-hydrogen) atoms. The van der Waals surface area contributed by atoms with Crippen molar-refractivity contribution in [2.45, 2.75) is 40.5 Å². The zero-order chi connectivity index (χ0) is 14.9. The van der Waals surface area contributed by atoms with Crippen LogP contribution < -0.4 is 5.73 Å². The zero-order valence-electron chi connectivity index (χ0n) is 12.9. The molecule has 1 atom stereocenters. The van der Waals surface area contributed by atoms with E-state index in [0.29, 0.717) is 12.5 Å². The van der Waals surface area contributed by atoms with E-state index in [1.807, 2.05) is 11.8 Å². The highest BCUT2D eigenvalue weighted by atomic mass is 32.1. The van der Waals surface area contributed by atoms with Crippen molar-refractivity contribution in [2.24, 2.45) is 17.1 Å². The summed E-state index contributed by atoms with van der Waals surface area (Å²) < 4.78 is 0. The lowest BCUT2D eigenvalue weighted by atomic mass is 9.90. The van der Waals surface area contributed by atoms with Crippen LogP contribution in [0, 0.1) is 18.3 Å². The number of amides is 1. The maximum absolute atomic E-state index is 12.6. The molecule has 112 valence electrons. The monoisotopic (exact) mass is 295 g/mol. The van der Waals surface area contributed by atoms with Gasteiger partial charge in [0.05, 0.1) is 10.7 Å². The molecular formula is C15H25N3OS. The topological polar surface area (TPSA) is 59.2 Å². The molecule has 0 aromatic carbocycles. The normalized spacial score (nSPS) is 22.8. The van der Waals surface area contributed by atoms with Crippen LogP contribution in [0.3, 0.4) is 0 Å². The number of carbonyl (C=O) groups is 1. The van der Waals surface area contributed by atoms with Crippen LogP contribution in [-0.4, -0.2) is 35.4 Å². The van der Waals surface area contributed by atoms with Gasteiger partial charge in [0.2, 0.25) is 0 Å². The van der Waals surface area contributed by atoms with E-state index in [1.54, 1.807) is 11.3 Å². The summed E-state index contributed by atoms with van der Waals surface area (Å²) >= 11 is 1.56. The number of rotatable bonds is 4. The number of hydrogen-bond donors (Lipinski definition) is 1. The quantitative estimate of drug-likeness (QED) is 0.928. The van der Waals surface area contributed by atoms with E-state index < -0.39 is 0 Å². The van der Waals surface area contributed by atoms with Gasteiger partial charge in [-0.3, -0.25) is 4.79 Å². The summed E-state index contributed by atoms with van der Waals surface area (Å²) in [5.74, 6) is 0.697. The summed E-state index contributed by atoms with van der Waals surface area (Å²) in [5.41, 5.74) is 6.76. The molecule has 0 aliphatic carbocycles. The zero-order valence-corrected chi connectivity index (χ0v) is 13.7. The van der Waals surface area contributed by atoms with Crippen molar-refractivity contribution < 1.29 is 4.79 Å². The van der Waals surface area contributed by atoms with E-state index >= 15 is 0 Å². The molecular weight excluding hydrogens is 270 g/mol. The average Bonchev–Trinajstić information content (AvgIpc) is 2.92. The van der Waals surface area contributed by atoms with E-state index in [-0.39, 0.29) is 11.3 Å². The summed E-state index contributed by atoms with van der Waals surface area (Å²) in [7, 11) is 0. The van der Waals surface area contributed by atoms with Crippen molar-refractivity contribution in [3.63, 3.8) is 0 Å². The highest BCUT2D eigenvalue weighted by molar-refractivity contribution is 7.13. The molecule has 1 unspecified atom stereocenters. The van der Waals surface area contributed by atoms with Crippen LogP contribution in [0.15, 0.2) is 0 Å². The minimum absolute atomic E-state index is 0.0784. The Labute approximate surface area is 125 Å². The number of nitrogens with zero attached hydrogens (tertiary/aromatic N) is 2. The van der Waals surface area contributed by atoms with Gasteiger partial charge in [-0.25, -0.2) is 4.98 Å². The molecule has 1 aromatic rings. The van der Waals surface area contributed by atoms with E-state index in [0.717, 1.165) is 41.5 Å². The lowest BCUT2D eigenvalue weighted by Crippen LogP contribution is -2.34. The first-order chi connectivity index (χ1) is 9.34. The minimum Gasteiger partial charge on any atom is -0.337 e. The second kappa shape index (κ2) is 5.82. The predicted octanol–water partition coefficient (Wildman–Crippen LogP) is 2.46. The van der Waals surface area contributed by atoms with Crippen LogP contribution in [0.4, 0.5) is 0 Å². The van der Waals surface area contributed by atoms with Crippen LogP contribution >= 0.6 is 11.3 Å². The Morgan fingerprint density at radius 3 is 2.80 bits per heavy atom. The average molecular weight is 295 g/mol. The third kappa shape index (κ3) is 3.20. The number of aromatic nitrogens is 1. The van der Waals surface area contributed by atoms with Gasteiger partial charge in [-0.15, -0.1) is 11.3 Å². The highest BCUT2D eigenvalue weighted by Gasteiger charge is 2.36. The molecule has 2 heterocycles. The van der Waals surface area contributed by atoms with Crippen LogP contribution in [0.5, 0.6) is 0 Å². The Balaban J connectivity index is 2.12. The SMILES string of the molecule is Cc1nc(CC(C)C)sc1C(=O)N1CCC(C)(CN)C1. The fourth-order valence-electron chi connectivity index (χ4n) is 2.59. The van der Waals surface area contributed by atoms with E-state index in [9.17, 15) is 4.79 Å². The van der Waals surface area contributed by atoms with Gasteiger partial charge < -0.3 is 10.6 Å². The predicted molar refractivity (Wildman–Crippen MR) is 83.1 cm³/mol. The molecule has 2 N–H and O–H groups in total. The number of aryl methyl sites for hydroxylation is 1. The maximum Gasteiger partial charge on any atom is 0.265 e. The third-order valence-electron chi connectivity index (χ3n) is 3.96. The molecule has 1 aliphatic heterocycles. The molecule has 1 saturated heterocycles. The van der Waals surface area contributed by atoms with Crippen molar-refractivity contribution >= 4 is 17.2 Å². The van der Waals surface area contributed by atoms with E-state index in [2.05, 4.69) is 25.8 Å². The standard InChI is InChI=1S/C15H25N3OS/c1-10(2)7-12-17-11(3)13(20-12)14(19)18-6-5-15(4,8-16)9-18/h10H,5-9,16H2,1-4H3. The van der Waals surface area contributed by atoms with Crippen molar-refractivity contribution in [3.8, 4) is 0 Å². The van der Waals surface area contributed by atoms with Gasteiger partial charge in [0.1, 0.15) is 4.88 Å². The van der Waals surface area contributed by atoms with Crippen LogP contribution in [0.2, 0.25) is 0 Å². The van der Waals surface area contributed by atoms with E-state index in [4.69, 9.17) is 5.73 Å². The molecule has 0 saturated carbocycles. The second-order valence-electron chi connectivity index (χ2n) is 6.61. The Morgan fingerprint density at radius 1 is 1.55 bits per heavy atom. The van der Waals surface area contributed by atoms with Gasteiger partial charge in [0.15, 0.2) is 0 Å². The number of carbonyl (C=O) groups excluding carboxylic acids is 1. The summed E-state index contributed by atoms with van der Waals surface area (Å²) in [5, 5.41) is 1.07. The molecule has 0 bridgehead atoms. The van der Waals surface area contributed by atoms with Gasteiger partial charge in [-0.1, -0.05) is 20.8 Å². The van der Waals surface area contributed by atoms with Gasteiger partial charge in [0.25, 0.3) is 5.91 Å². The lowest BCUT2D eigenvalue weighted by Gasteiger charge is -2.22. The Morgan fingerprint density at radius 2 is 2.25 bits per heavy atom. The third-order valence-corrected chi connectivity index (χ3v) is 5.12. The molecule has 1 aliphatic rings. The number of likely N-dealkylation sites (tertiary alicyclic amines) is 1. The Hall–Kier alpha value is -0.940. The number of thiazole rings is 1. The Bertz CT molecular complexity index is 497. The van der Waals surface area contributed by atoms with Crippen LogP contribution in [0.1, 0.15) is 47.6 Å². The molecule has 1 fully saturated rings. The molecule has 4 nitrogen and oxygen atoms in total. The second-order valence-corrected chi connectivity index (χ2v) is 7.70. The smallest absolute Gasteiger partial charge is 0.265 e. The first kappa shape index (κ1) is 15.4. The van der Waals surface area contributed by atoms with Crippen molar-refractivity contribution in [2.75, 3.05) is 19.6 Å². The molecule has 1 aromatic heterocycles. The minimum atomic E-state index is 0.0784. The van der Waals surface area contributed by atoms with Crippen molar-refractivity contribution in [1.82, 2.24) is 9.88 Å². The summed E-state index contributed by atoms with van der Waals surface area (Å²) in [6, 6.07) is 0. The summed E-state index contributed by atoms with van der Waals surface area (Å²) in [4.78, 5) is 19.9. The lowest BCUT2D eigenvalue weighted by molar-refractivity contribution is 0.0780. The summed E-state index contributed by atoms with van der Waals surface area (Å²) in [6.45, 7) is 10.6. The summed E-state index contributed by atoms with van der Waals surface area (Å²) in [6.07, 6.45) is 1.94. The molecule has 0 spiro atoms. The van der Waals surface area contributed by atoms with Gasteiger partial charge in [-0.2, -0.15) is 0 Å². The number of nitrogens with two attached hydrogens (primary N) is 1. The first-order valence-electron chi connectivity index (χ1n) is 7.30. The Kier molecular flexibility index (Phi) is 4.49. The number of hydrogen-bond acceptors (Lipinski definition) is 4. The van der Waals surface area contributed by atoms with Gasteiger partial charge >= 0.3 is 0 Å².